The SMILES string of the molecule is COCCCOCCOCC(=O)NI. The Balaban J connectivity index is 2.95. The van der Waals surface area contributed by atoms with Gasteiger partial charge in [0, 0.05) is 20.3 Å². The zero-order chi connectivity index (χ0) is 10.6. The van der Waals surface area contributed by atoms with Crippen LogP contribution in [0.5, 0.6) is 0 Å². The number of amides is 1. The molecular formula is C8H16INO4. The molecule has 14 heavy (non-hydrogen) atoms. The molecule has 0 bridgehead atoms. The van der Waals surface area contributed by atoms with E-state index < -0.39 is 0 Å². The van der Waals surface area contributed by atoms with Crippen LogP contribution in [-0.4, -0.2) is 46.1 Å². The first-order valence-corrected chi connectivity index (χ1v) is 5.43. The van der Waals surface area contributed by atoms with E-state index in [1.807, 2.05) is 0 Å². The number of nitrogens with one attached hydrogen (secondary N) is 1. The molecule has 0 heterocycles. The lowest BCUT2D eigenvalue weighted by Crippen LogP contribution is -2.20. The fourth-order valence-electron chi connectivity index (χ4n) is 0.717. The Labute approximate surface area is 98.0 Å². The van der Waals surface area contributed by atoms with E-state index in [1.54, 1.807) is 30.0 Å². The van der Waals surface area contributed by atoms with Crippen LogP contribution in [0.2, 0.25) is 0 Å². The summed E-state index contributed by atoms with van der Waals surface area (Å²) in [7, 11) is 1.66. The van der Waals surface area contributed by atoms with E-state index in [9.17, 15) is 4.79 Å². The van der Waals surface area contributed by atoms with Crippen LogP contribution in [0.3, 0.4) is 0 Å². The van der Waals surface area contributed by atoms with Gasteiger partial charge in [0.1, 0.15) is 6.61 Å². The summed E-state index contributed by atoms with van der Waals surface area (Å²) in [5.41, 5.74) is 0. The lowest BCUT2D eigenvalue weighted by atomic mass is 10.5. The molecular weight excluding hydrogens is 301 g/mol. The fourth-order valence-corrected chi connectivity index (χ4v) is 0.873. The quantitative estimate of drug-likeness (QED) is 0.383. The third-order valence-electron chi connectivity index (χ3n) is 1.35. The lowest BCUT2D eigenvalue weighted by Gasteiger charge is -2.04. The predicted octanol–water partition coefficient (Wildman–Crippen LogP) is 0.522. The van der Waals surface area contributed by atoms with Crippen molar-refractivity contribution in [2.24, 2.45) is 0 Å². The van der Waals surface area contributed by atoms with Crippen molar-refractivity contribution in [1.82, 2.24) is 3.53 Å². The summed E-state index contributed by atoms with van der Waals surface area (Å²) in [5.74, 6) is -0.134. The molecule has 0 spiro atoms. The van der Waals surface area contributed by atoms with Gasteiger partial charge >= 0.3 is 0 Å². The Morgan fingerprint density at radius 1 is 1.21 bits per heavy atom. The van der Waals surface area contributed by atoms with Crippen molar-refractivity contribution in [1.29, 1.82) is 0 Å². The van der Waals surface area contributed by atoms with Crippen LogP contribution in [0.25, 0.3) is 0 Å². The van der Waals surface area contributed by atoms with Crippen LogP contribution in [0.1, 0.15) is 6.42 Å². The zero-order valence-corrected chi connectivity index (χ0v) is 10.4. The number of rotatable bonds is 9. The van der Waals surface area contributed by atoms with E-state index in [0.717, 1.165) is 6.42 Å². The number of hydrogen-bond acceptors (Lipinski definition) is 4. The second kappa shape index (κ2) is 11.2. The van der Waals surface area contributed by atoms with Gasteiger partial charge in [-0.05, 0) is 6.42 Å². The fraction of sp³-hybridized carbons (Fsp3) is 0.875. The van der Waals surface area contributed by atoms with Crippen molar-refractivity contribution in [2.45, 2.75) is 6.42 Å². The summed E-state index contributed by atoms with van der Waals surface area (Å²) in [6, 6.07) is 0. The average Bonchev–Trinajstić information content (AvgIpc) is 2.21. The second-order valence-corrected chi connectivity index (χ2v) is 3.07. The predicted molar refractivity (Wildman–Crippen MR) is 60.3 cm³/mol. The van der Waals surface area contributed by atoms with E-state index in [-0.39, 0.29) is 12.5 Å². The molecule has 0 unspecified atom stereocenters. The van der Waals surface area contributed by atoms with E-state index in [1.165, 1.54) is 0 Å². The topological polar surface area (TPSA) is 56.8 Å². The maximum absolute atomic E-state index is 10.7. The van der Waals surface area contributed by atoms with E-state index in [2.05, 4.69) is 3.53 Å². The smallest absolute Gasteiger partial charge is 0.254 e. The van der Waals surface area contributed by atoms with Crippen molar-refractivity contribution < 1.29 is 19.0 Å². The van der Waals surface area contributed by atoms with Gasteiger partial charge in [0.2, 0.25) is 0 Å². The maximum Gasteiger partial charge on any atom is 0.254 e. The molecule has 0 aromatic rings. The number of carbonyl (C=O) groups is 1. The molecule has 0 aliphatic heterocycles. The molecule has 0 atom stereocenters. The van der Waals surface area contributed by atoms with Gasteiger partial charge in [-0.3, -0.25) is 8.32 Å². The number of hydrogen-bond donors (Lipinski definition) is 1. The molecule has 0 aliphatic carbocycles. The summed E-state index contributed by atoms with van der Waals surface area (Å²) >= 11 is 1.77. The molecule has 0 aliphatic rings. The van der Waals surface area contributed by atoms with Crippen LogP contribution in [0.15, 0.2) is 0 Å². The third-order valence-corrected chi connectivity index (χ3v) is 1.95. The first kappa shape index (κ1) is 14.1. The van der Waals surface area contributed by atoms with Gasteiger partial charge in [0.15, 0.2) is 0 Å². The summed E-state index contributed by atoms with van der Waals surface area (Å²) in [6.45, 7) is 2.41. The van der Waals surface area contributed by atoms with Crippen molar-refractivity contribution in [3.05, 3.63) is 0 Å². The highest BCUT2D eigenvalue weighted by Crippen LogP contribution is 1.84. The Kier molecular flexibility index (Phi) is 11.2. The Bertz CT molecular complexity index is 145. The Hall–Kier alpha value is 0.0800. The summed E-state index contributed by atoms with van der Waals surface area (Å²) in [4.78, 5) is 10.7. The van der Waals surface area contributed by atoms with Crippen molar-refractivity contribution >= 4 is 28.8 Å². The average molecular weight is 317 g/mol. The van der Waals surface area contributed by atoms with Crippen LogP contribution in [0, 0.1) is 0 Å². The van der Waals surface area contributed by atoms with Crippen molar-refractivity contribution in [2.75, 3.05) is 40.1 Å². The van der Waals surface area contributed by atoms with E-state index in [4.69, 9.17) is 14.2 Å². The third kappa shape index (κ3) is 10.2. The molecule has 0 aromatic heterocycles. The van der Waals surface area contributed by atoms with E-state index >= 15 is 0 Å². The molecule has 0 saturated heterocycles. The molecule has 84 valence electrons. The van der Waals surface area contributed by atoms with Gasteiger partial charge in [-0.25, -0.2) is 0 Å². The molecule has 0 radical (unpaired) electrons. The number of ether oxygens (including phenoxy) is 3. The molecule has 0 fully saturated rings. The van der Waals surface area contributed by atoms with Gasteiger partial charge in [0.05, 0.1) is 36.1 Å². The van der Waals surface area contributed by atoms with Crippen molar-refractivity contribution in [3.8, 4) is 0 Å². The molecule has 6 heteroatoms. The minimum absolute atomic E-state index is 0.0877. The molecule has 1 N–H and O–H groups in total. The van der Waals surface area contributed by atoms with Crippen LogP contribution in [-0.2, 0) is 19.0 Å². The minimum Gasteiger partial charge on any atom is -0.385 e. The standard InChI is InChI=1S/C8H16INO4/c1-12-3-2-4-13-5-6-14-7-8(11)10-9/h2-7H2,1H3,(H,10,11). The van der Waals surface area contributed by atoms with Gasteiger partial charge in [-0.1, -0.05) is 0 Å². The number of carbonyl (C=O) groups excluding carboxylic acids is 1. The monoisotopic (exact) mass is 317 g/mol. The van der Waals surface area contributed by atoms with Crippen molar-refractivity contribution in [3.63, 3.8) is 0 Å². The molecule has 5 nitrogen and oxygen atoms in total. The summed E-state index contributed by atoms with van der Waals surface area (Å²) in [6.07, 6.45) is 0.880. The second-order valence-electron chi connectivity index (χ2n) is 2.53. The van der Waals surface area contributed by atoms with Gasteiger partial charge in [-0.15, -0.1) is 0 Å². The Morgan fingerprint density at radius 2 is 1.93 bits per heavy atom. The lowest BCUT2D eigenvalue weighted by molar-refractivity contribution is -0.123. The van der Waals surface area contributed by atoms with Gasteiger partial charge in [0.25, 0.3) is 5.91 Å². The minimum atomic E-state index is -0.134. The van der Waals surface area contributed by atoms with Crippen LogP contribution < -0.4 is 3.53 Å². The van der Waals surface area contributed by atoms with Gasteiger partial charge in [-0.2, -0.15) is 0 Å². The van der Waals surface area contributed by atoms with Gasteiger partial charge < -0.3 is 14.2 Å². The maximum atomic E-state index is 10.7. The summed E-state index contributed by atoms with van der Waals surface area (Å²) in [5, 5.41) is 0. The largest absolute Gasteiger partial charge is 0.385 e. The first-order valence-electron chi connectivity index (χ1n) is 4.35. The highest BCUT2D eigenvalue weighted by molar-refractivity contribution is 14.1. The first-order chi connectivity index (χ1) is 6.81. The zero-order valence-electron chi connectivity index (χ0n) is 8.25. The molecule has 0 rings (SSSR count). The van der Waals surface area contributed by atoms with Crippen LogP contribution >= 0.6 is 22.9 Å². The highest BCUT2D eigenvalue weighted by atomic mass is 127. The molecule has 0 aromatic carbocycles. The molecule has 0 saturated carbocycles. The van der Waals surface area contributed by atoms with E-state index in [0.29, 0.717) is 26.4 Å². The number of methoxy groups -OCH3 is 1. The normalized spacial score (nSPS) is 10.1. The van der Waals surface area contributed by atoms with Crippen LogP contribution in [0.4, 0.5) is 0 Å². The Morgan fingerprint density at radius 3 is 2.57 bits per heavy atom. The highest BCUT2D eigenvalue weighted by Gasteiger charge is 1.97. The molecule has 1 amide bonds. The number of halogens is 1. The summed E-state index contributed by atoms with van der Waals surface area (Å²) < 4.78 is 17.5.